The van der Waals surface area contributed by atoms with Crippen molar-refractivity contribution in [3.63, 3.8) is 0 Å². The average molecular weight is 233 g/mol. The van der Waals surface area contributed by atoms with Gasteiger partial charge in [-0.15, -0.1) is 0 Å². The molecule has 5 nitrogen and oxygen atoms in total. The molecule has 0 saturated carbocycles. The Morgan fingerprint density at radius 2 is 2.24 bits per heavy atom. The van der Waals surface area contributed by atoms with Gasteiger partial charge in [-0.05, 0) is 26.3 Å². The summed E-state index contributed by atoms with van der Waals surface area (Å²) in [6.45, 7) is 5.39. The van der Waals surface area contributed by atoms with Crippen molar-refractivity contribution >= 4 is 5.97 Å². The fraction of sp³-hybridized carbons (Fsp3) is 0.500. The van der Waals surface area contributed by atoms with E-state index in [1.54, 1.807) is 13.0 Å². The summed E-state index contributed by atoms with van der Waals surface area (Å²) in [6.07, 6.45) is 2.09. The minimum Gasteiger partial charge on any atom is -0.465 e. The predicted molar refractivity (Wildman–Crippen MR) is 61.0 cm³/mol. The number of nitriles is 1. The standard InChI is InChI=1S/C12H15N3O2/c1-4-9-6-10(15-8-14-9)12(3,7-13)11(16)17-5-2/h6,8H,4-5H2,1-3H3. The third kappa shape index (κ3) is 2.59. The van der Waals surface area contributed by atoms with Crippen LogP contribution in [0.5, 0.6) is 0 Å². The Morgan fingerprint density at radius 1 is 1.53 bits per heavy atom. The minimum atomic E-state index is -1.37. The van der Waals surface area contributed by atoms with Crippen LogP contribution in [0.3, 0.4) is 0 Å². The summed E-state index contributed by atoms with van der Waals surface area (Å²) < 4.78 is 4.90. The van der Waals surface area contributed by atoms with Crippen LogP contribution in [0.4, 0.5) is 0 Å². The average Bonchev–Trinajstić information content (AvgIpc) is 2.38. The molecule has 0 saturated heterocycles. The van der Waals surface area contributed by atoms with Gasteiger partial charge in [0.25, 0.3) is 0 Å². The molecule has 1 aromatic rings. The van der Waals surface area contributed by atoms with Crippen LogP contribution < -0.4 is 0 Å². The first-order chi connectivity index (χ1) is 8.08. The van der Waals surface area contributed by atoms with Crippen LogP contribution >= 0.6 is 0 Å². The van der Waals surface area contributed by atoms with Gasteiger partial charge < -0.3 is 4.74 Å². The second-order valence-corrected chi connectivity index (χ2v) is 3.71. The van der Waals surface area contributed by atoms with Crippen molar-refractivity contribution in [3.8, 4) is 6.07 Å². The molecule has 0 aliphatic carbocycles. The number of rotatable bonds is 4. The molecule has 1 rings (SSSR count). The summed E-state index contributed by atoms with van der Waals surface area (Å²) in [5.41, 5.74) is -0.200. The molecule has 0 N–H and O–H groups in total. The molecule has 0 radical (unpaired) electrons. The van der Waals surface area contributed by atoms with Gasteiger partial charge in [0.1, 0.15) is 6.33 Å². The van der Waals surface area contributed by atoms with E-state index < -0.39 is 11.4 Å². The largest absolute Gasteiger partial charge is 0.465 e. The Kier molecular flexibility index (Phi) is 4.16. The fourth-order valence-corrected chi connectivity index (χ4v) is 1.35. The Labute approximate surface area is 100 Å². The molecule has 0 amide bonds. The number of hydrogen-bond acceptors (Lipinski definition) is 5. The van der Waals surface area contributed by atoms with Gasteiger partial charge in [0.15, 0.2) is 5.41 Å². The highest BCUT2D eigenvalue weighted by Gasteiger charge is 2.38. The first kappa shape index (κ1) is 13.1. The van der Waals surface area contributed by atoms with Crippen LogP contribution in [0.15, 0.2) is 12.4 Å². The molecule has 0 fully saturated rings. The summed E-state index contributed by atoms with van der Waals surface area (Å²) in [5.74, 6) is -0.580. The van der Waals surface area contributed by atoms with E-state index in [1.165, 1.54) is 13.3 Å². The lowest BCUT2D eigenvalue weighted by atomic mass is 9.88. The van der Waals surface area contributed by atoms with Gasteiger partial charge in [-0.2, -0.15) is 5.26 Å². The minimum absolute atomic E-state index is 0.238. The lowest BCUT2D eigenvalue weighted by Gasteiger charge is -2.18. The lowest BCUT2D eigenvalue weighted by Crippen LogP contribution is -2.34. The van der Waals surface area contributed by atoms with Crippen molar-refractivity contribution in [3.05, 3.63) is 23.8 Å². The van der Waals surface area contributed by atoms with E-state index in [4.69, 9.17) is 4.74 Å². The Bertz CT molecular complexity index is 453. The number of carbonyl (C=O) groups is 1. The van der Waals surface area contributed by atoms with Crippen molar-refractivity contribution in [1.29, 1.82) is 5.26 Å². The predicted octanol–water partition coefficient (Wildman–Crippen LogP) is 1.38. The molecule has 1 heterocycles. The zero-order valence-corrected chi connectivity index (χ0v) is 10.2. The van der Waals surface area contributed by atoms with E-state index in [1.807, 2.05) is 13.0 Å². The highest BCUT2D eigenvalue weighted by atomic mass is 16.5. The normalized spacial score (nSPS) is 13.5. The quantitative estimate of drug-likeness (QED) is 0.734. The van der Waals surface area contributed by atoms with Gasteiger partial charge in [0.2, 0.25) is 0 Å². The topological polar surface area (TPSA) is 75.9 Å². The van der Waals surface area contributed by atoms with Crippen molar-refractivity contribution in [2.45, 2.75) is 32.6 Å². The van der Waals surface area contributed by atoms with Crippen LogP contribution in [0.25, 0.3) is 0 Å². The third-order valence-corrected chi connectivity index (χ3v) is 2.51. The molecular formula is C12H15N3O2. The number of aromatic nitrogens is 2. The van der Waals surface area contributed by atoms with Crippen molar-refractivity contribution in [2.24, 2.45) is 0 Å². The number of esters is 1. The number of hydrogen-bond donors (Lipinski definition) is 0. The maximum absolute atomic E-state index is 11.8. The summed E-state index contributed by atoms with van der Waals surface area (Å²) >= 11 is 0. The van der Waals surface area contributed by atoms with Gasteiger partial charge in [0.05, 0.1) is 18.4 Å². The monoisotopic (exact) mass is 233 g/mol. The van der Waals surface area contributed by atoms with Gasteiger partial charge in [-0.3, -0.25) is 0 Å². The second kappa shape index (κ2) is 5.39. The van der Waals surface area contributed by atoms with E-state index in [-0.39, 0.29) is 6.61 Å². The summed E-state index contributed by atoms with van der Waals surface area (Å²) in [7, 11) is 0. The Hall–Kier alpha value is -1.96. The zero-order valence-electron chi connectivity index (χ0n) is 10.2. The van der Waals surface area contributed by atoms with Gasteiger partial charge in [-0.1, -0.05) is 6.92 Å². The lowest BCUT2D eigenvalue weighted by molar-refractivity contribution is -0.147. The molecule has 0 bridgehead atoms. The highest BCUT2D eigenvalue weighted by Crippen LogP contribution is 2.23. The first-order valence-electron chi connectivity index (χ1n) is 5.48. The molecule has 90 valence electrons. The molecule has 0 aromatic carbocycles. The van der Waals surface area contributed by atoms with Gasteiger partial charge in [-0.25, -0.2) is 14.8 Å². The van der Waals surface area contributed by atoms with Crippen molar-refractivity contribution in [2.75, 3.05) is 6.61 Å². The Balaban J connectivity index is 3.16. The number of aryl methyl sites for hydroxylation is 1. The summed E-state index contributed by atoms with van der Waals surface area (Å²) in [4.78, 5) is 19.8. The maximum Gasteiger partial charge on any atom is 0.332 e. The third-order valence-electron chi connectivity index (χ3n) is 2.51. The zero-order chi connectivity index (χ0) is 12.9. The highest BCUT2D eigenvalue weighted by molar-refractivity contribution is 5.85. The SMILES string of the molecule is CCOC(=O)C(C)(C#N)c1cc(CC)ncn1. The Morgan fingerprint density at radius 3 is 2.76 bits per heavy atom. The van der Waals surface area contributed by atoms with Crippen LogP contribution in [0.1, 0.15) is 32.2 Å². The molecular weight excluding hydrogens is 218 g/mol. The molecule has 17 heavy (non-hydrogen) atoms. The van der Waals surface area contributed by atoms with Crippen LogP contribution in [0, 0.1) is 11.3 Å². The van der Waals surface area contributed by atoms with Crippen LogP contribution in [-0.2, 0) is 21.4 Å². The van der Waals surface area contributed by atoms with E-state index in [0.29, 0.717) is 5.69 Å². The molecule has 0 spiro atoms. The molecule has 1 atom stereocenters. The van der Waals surface area contributed by atoms with E-state index in [2.05, 4.69) is 9.97 Å². The number of carbonyl (C=O) groups excluding carboxylic acids is 1. The molecule has 0 aliphatic heterocycles. The van der Waals surface area contributed by atoms with Crippen molar-refractivity contribution < 1.29 is 9.53 Å². The van der Waals surface area contributed by atoms with E-state index in [9.17, 15) is 10.1 Å². The van der Waals surface area contributed by atoms with Gasteiger partial charge in [0, 0.05) is 5.69 Å². The van der Waals surface area contributed by atoms with E-state index in [0.717, 1.165) is 12.1 Å². The number of ether oxygens (including phenoxy) is 1. The number of nitrogens with zero attached hydrogens (tertiary/aromatic N) is 3. The maximum atomic E-state index is 11.8. The molecule has 1 aromatic heterocycles. The molecule has 1 unspecified atom stereocenters. The fourth-order valence-electron chi connectivity index (χ4n) is 1.35. The van der Waals surface area contributed by atoms with E-state index >= 15 is 0 Å². The molecule has 0 aliphatic rings. The van der Waals surface area contributed by atoms with Crippen LogP contribution in [-0.4, -0.2) is 22.5 Å². The molecule has 5 heteroatoms. The first-order valence-corrected chi connectivity index (χ1v) is 5.48. The smallest absolute Gasteiger partial charge is 0.332 e. The second-order valence-electron chi connectivity index (χ2n) is 3.71. The summed E-state index contributed by atoms with van der Waals surface area (Å²) in [5, 5.41) is 9.19. The van der Waals surface area contributed by atoms with Crippen molar-refractivity contribution in [1.82, 2.24) is 9.97 Å². The van der Waals surface area contributed by atoms with Gasteiger partial charge >= 0.3 is 5.97 Å². The van der Waals surface area contributed by atoms with Crippen LogP contribution in [0.2, 0.25) is 0 Å². The summed E-state index contributed by atoms with van der Waals surface area (Å²) in [6, 6.07) is 3.63.